The molecule has 8 nitrogen and oxygen atoms in total. The number of imidazole rings is 1. The first kappa shape index (κ1) is 31.3. The number of rotatable bonds is 4. The van der Waals surface area contributed by atoms with Gasteiger partial charge in [-0.25, -0.2) is 18.6 Å². The van der Waals surface area contributed by atoms with Crippen molar-refractivity contribution in [2.24, 2.45) is 0 Å². The van der Waals surface area contributed by atoms with Gasteiger partial charge < -0.3 is 19.0 Å². The van der Waals surface area contributed by atoms with Gasteiger partial charge in [0.25, 0.3) is 5.92 Å². The minimum Gasteiger partial charge on any atom is -0.444 e. The zero-order valence-corrected chi connectivity index (χ0v) is 27.9. The van der Waals surface area contributed by atoms with Crippen LogP contribution < -0.4 is 5.46 Å². The summed E-state index contributed by atoms with van der Waals surface area (Å²) in [5, 5.41) is 0. The molecule has 2 aromatic carbocycles. The second-order valence-corrected chi connectivity index (χ2v) is 15.3. The molecule has 7 rings (SSSR count). The van der Waals surface area contributed by atoms with Crippen LogP contribution in [0.15, 0.2) is 42.6 Å². The fraction of sp³-hybridized carbons (Fsp3) is 0.543. The number of aromatic nitrogens is 2. The van der Waals surface area contributed by atoms with Gasteiger partial charge >= 0.3 is 13.2 Å². The van der Waals surface area contributed by atoms with Crippen molar-refractivity contribution in [3.05, 3.63) is 59.5 Å². The number of carbonyl (C=O) groups excluding carboxylic acids is 1. The van der Waals surface area contributed by atoms with Gasteiger partial charge in [-0.2, -0.15) is 0 Å². The molecule has 3 fully saturated rings. The molecule has 11 heteroatoms. The van der Waals surface area contributed by atoms with Gasteiger partial charge in [-0.05, 0) is 96.1 Å². The number of amides is 1. The van der Waals surface area contributed by atoms with E-state index in [1.807, 2.05) is 12.1 Å². The van der Waals surface area contributed by atoms with Gasteiger partial charge in [0, 0.05) is 30.3 Å². The Morgan fingerprint density at radius 1 is 0.957 bits per heavy atom. The predicted octanol–water partition coefficient (Wildman–Crippen LogP) is 7.18. The van der Waals surface area contributed by atoms with E-state index in [0.29, 0.717) is 23.6 Å². The minimum atomic E-state index is -3.03. The van der Waals surface area contributed by atoms with Crippen molar-refractivity contribution >= 4 is 18.7 Å². The van der Waals surface area contributed by atoms with E-state index in [1.54, 1.807) is 27.0 Å². The van der Waals surface area contributed by atoms with E-state index in [-0.39, 0.29) is 0 Å². The maximum absolute atomic E-state index is 14.5. The van der Waals surface area contributed by atoms with Crippen molar-refractivity contribution in [2.75, 3.05) is 13.6 Å². The van der Waals surface area contributed by atoms with Crippen LogP contribution >= 0.6 is 0 Å². The molecule has 3 aromatic rings. The van der Waals surface area contributed by atoms with Crippen molar-refractivity contribution in [3.63, 3.8) is 0 Å². The number of aromatic amines is 1. The second-order valence-electron chi connectivity index (χ2n) is 15.3. The highest BCUT2D eigenvalue weighted by molar-refractivity contribution is 6.62. The molecule has 0 spiro atoms. The molecule has 1 amide bonds. The van der Waals surface area contributed by atoms with E-state index >= 15 is 0 Å². The first-order valence-electron chi connectivity index (χ1n) is 16.2. The molecule has 1 N–H and O–H groups in total. The van der Waals surface area contributed by atoms with Gasteiger partial charge in [-0.3, -0.25) is 9.80 Å². The molecule has 46 heavy (non-hydrogen) atoms. The van der Waals surface area contributed by atoms with Crippen LogP contribution in [0.25, 0.3) is 22.4 Å². The number of nitrogens with zero attached hydrogens (tertiary/aromatic N) is 3. The highest BCUT2D eigenvalue weighted by Gasteiger charge is 2.55. The lowest BCUT2D eigenvalue weighted by Crippen LogP contribution is -2.41. The van der Waals surface area contributed by atoms with Crippen LogP contribution in [-0.4, -0.2) is 69.3 Å². The van der Waals surface area contributed by atoms with Gasteiger partial charge in [-0.15, -0.1) is 0 Å². The average Bonchev–Trinajstić information content (AvgIpc) is 3.75. The van der Waals surface area contributed by atoms with E-state index in [0.717, 1.165) is 34.3 Å². The Bertz CT molecular complexity index is 1670. The zero-order valence-electron chi connectivity index (χ0n) is 27.9. The monoisotopic (exact) mass is 632 g/mol. The van der Waals surface area contributed by atoms with E-state index in [2.05, 4.69) is 73.9 Å². The number of benzene rings is 2. The number of likely N-dealkylation sites (tertiary alicyclic amines) is 1. The first-order valence-corrected chi connectivity index (χ1v) is 16.2. The van der Waals surface area contributed by atoms with Gasteiger partial charge in [0.2, 0.25) is 0 Å². The number of fused-ring (bicyclic) bond motifs is 5. The Hall–Kier alpha value is -3.28. The highest BCUT2D eigenvalue weighted by Crippen LogP contribution is 2.54. The van der Waals surface area contributed by atoms with E-state index in [4.69, 9.17) is 14.0 Å². The summed E-state index contributed by atoms with van der Waals surface area (Å²) in [4.78, 5) is 24.1. The molecule has 3 saturated heterocycles. The van der Waals surface area contributed by atoms with Crippen molar-refractivity contribution in [2.45, 2.75) is 109 Å². The second kappa shape index (κ2) is 10.4. The molecule has 4 aliphatic rings. The highest BCUT2D eigenvalue weighted by atomic mass is 19.3. The fourth-order valence-corrected chi connectivity index (χ4v) is 7.50. The summed E-state index contributed by atoms with van der Waals surface area (Å²) >= 11 is 0. The summed E-state index contributed by atoms with van der Waals surface area (Å²) in [6.07, 6.45) is 2.65. The lowest BCUT2D eigenvalue weighted by atomic mass is 9.70. The molecule has 5 heterocycles. The third-order valence-electron chi connectivity index (χ3n) is 10.5. The third kappa shape index (κ3) is 5.15. The molecular weight excluding hydrogens is 589 g/mol. The van der Waals surface area contributed by atoms with Crippen LogP contribution in [0, 0.1) is 0 Å². The van der Waals surface area contributed by atoms with Crippen molar-refractivity contribution < 1.29 is 27.6 Å². The normalized spacial score (nSPS) is 26.2. The molecule has 2 unspecified atom stereocenters. The predicted molar refractivity (Wildman–Crippen MR) is 173 cm³/mol. The van der Waals surface area contributed by atoms with Crippen LogP contribution in [0.4, 0.5) is 13.6 Å². The third-order valence-corrected chi connectivity index (χ3v) is 10.5. The standard InChI is InChI=1S/C35H43BF2N4O4/c1-32(2,3)44-31(43)42-19-35(37,38)17-27(42)30-39-18-24(40-30)21-11-9-20(10-12-21)22-13-14-23(36-45-33(4,5)34(6,7)46-36)29-26-16-15-25(28(22)29)41(26)8/h9-14,18,25-27H,15-17,19H2,1-8H3,(H,39,40)/t25?,26?,27-/m0/s1. The Kier molecular flexibility index (Phi) is 7.06. The van der Waals surface area contributed by atoms with Crippen LogP contribution in [0.2, 0.25) is 0 Å². The number of hydrogen-bond acceptors (Lipinski definition) is 6. The van der Waals surface area contributed by atoms with Crippen molar-refractivity contribution in [1.29, 1.82) is 0 Å². The Balaban J connectivity index is 1.17. The lowest BCUT2D eigenvalue weighted by molar-refractivity contribution is -0.00248. The summed E-state index contributed by atoms with van der Waals surface area (Å²) in [7, 11) is 1.80. The molecule has 4 aliphatic heterocycles. The minimum absolute atomic E-state index is 0.317. The summed E-state index contributed by atoms with van der Waals surface area (Å²) < 4.78 is 47.4. The first-order chi connectivity index (χ1) is 21.4. The topological polar surface area (TPSA) is 79.9 Å². The molecule has 3 atom stereocenters. The Morgan fingerprint density at radius 3 is 2.20 bits per heavy atom. The number of ether oxygens (including phenoxy) is 1. The lowest BCUT2D eigenvalue weighted by Gasteiger charge is -2.32. The van der Waals surface area contributed by atoms with Crippen molar-refractivity contribution in [1.82, 2.24) is 19.8 Å². The number of carbonyl (C=O) groups is 1. The Labute approximate surface area is 269 Å². The van der Waals surface area contributed by atoms with E-state index < -0.39 is 54.9 Å². The number of alkyl halides is 2. The van der Waals surface area contributed by atoms with Gasteiger partial charge in [-0.1, -0.05) is 36.4 Å². The number of nitrogens with one attached hydrogen (secondary N) is 1. The van der Waals surface area contributed by atoms with Crippen LogP contribution in [0.3, 0.4) is 0 Å². The summed E-state index contributed by atoms with van der Waals surface area (Å²) in [5.41, 5.74) is 5.96. The SMILES string of the molecule is CN1C2CCC1c1c(-c3ccc(-c4c[nH]c([C@@H]5CC(F)(F)CN5C(=O)OC(C)(C)C)n4)cc3)ccc(B3OC(C)(C)C(C)(C)O3)c12. The average molecular weight is 633 g/mol. The van der Waals surface area contributed by atoms with Crippen LogP contribution in [0.5, 0.6) is 0 Å². The van der Waals surface area contributed by atoms with Crippen molar-refractivity contribution in [3.8, 4) is 22.4 Å². The van der Waals surface area contributed by atoms with Gasteiger partial charge in [0.05, 0.1) is 29.5 Å². The molecule has 0 radical (unpaired) electrons. The summed E-state index contributed by atoms with van der Waals surface area (Å²) in [5.74, 6) is -2.71. The molecule has 0 aliphatic carbocycles. The van der Waals surface area contributed by atoms with Crippen LogP contribution in [0.1, 0.15) is 103 Å². The number of H-pyrrole nitrogens is 1. The van der Waals surface area contributed by atoms with Gasteiger partial charge in [0.1, 0.15) is 11.4 Å². The maximum Gasteiger partial charge on any atom is 0.495 e. The molecule has 1 aromatic heterocycles. The molecule has 0 saturated carbocycles. The van der Waals surface area contributed by atoms with Gasteiger partial charge in [0.15, 0.2) is 0 Å². The fourth-order valence-electron chi connectivity index (χ4n) is 7.50. The molecule has 2 bridgehead atoms. The van der Waals surface area contributed by atoms with E-state index in [1.165, 1.54) is 16.7 Å². The Morgan fingerprint density at radius 2 is 1.57 bits per heavy atom. The molecular formula is C35H43BF2N4O4. The largest absolute Gasteiger partial charge is 0.495 e. The number of hydrogen-bond donors (Lipinski definition) is 1. The maximum atomic E-state index is 14.5. The van der Waals surface area contributed by atoms with Crippen LogP contribution in [-0.2, 0) is 14.0 Å². The quantitative estimate of drug-likeness (QED) is 0.307. The number of halogens is 2. The smallest absolute Gasteiger partial charge is 0.444 e. The van der Waals surface area contributed by atoms with E-state index in [9.17, 15) is 13.6 Å². The zero-order chi connectivity index (χ0) is 33.0. The summed E-state index contributed by atoms with van der Waals surface area (Å²) in [6, 6.07) is 12.3. The summed E-state index contributed by atoms with van der Waals surface area (Å²) in [6.45, 7) is 12.8. The molecule has 244 valence electrons.